The second kappa shape index (κ2) is 5.18. The van der Waals surface area contributed by atoms with E-state index in [2.05, 4.69) is 36.1 Å². The lowest BCUT2D eigenvalue weighted by Gasteiger charge is -2.22. The first kappa shape index (κ1) is 11.9. The fourth-order valence-electron chi connectivity index (χ4n) is 1.52. The normalized spacial score (nSPS) is 15.1. The van der Waals surface area contributed by atoms with Crippen LogP contribution in [0.5, 0.6) is 6.01 Å². The van der Waals surface area contributed by atoms with E-state index in [-0.39, 0.29) is 0 Å². The molecule has 0 saturated heterocycles. The van der Waals surface area contributed by atoms with Gasteiger partial charge in [-0.1, -0.05) is 0 Å². The summed E-state index contributed by atoms with van der Waals surface area (Å²) in [5, 5.41) is 3.23. The highest BCUT2D eigenvalue weighted by Crippen LogP contribution is 2.19. The van der Waals surface area contributed by atoms with Gasteiger partial charge in [0.25, 0.3) is 0 Å². The van der Waals surface area contributed by atoms with E-state index in [1.807, 2.05) is 19.3 Å². The summed E-state index contributed by atoms with van der Waals surface area (Å²) in [7, 11) is 3.56. The minimum Gasteiger partial charge on any atom is -0.467 e. The first-order chi connectivity index (χ1) is 8.17. The zero-order valence-electron chi connectivity index (χ0n) is 9.64. The number of aromatic nitrogens is 2. The first-order valence-corrected chi connectivity index (χ1v) is 5.89. The van der Waals surface area contributed by atoms with Gasteiger partial charge < -0.3 is 15.0 Å². The Hall–Kier alpha value is -1.56. The molecule has 2 heterocycles. The summed E-state index contributed by atoms with van der Waals surface area (Å²) >= 11 is 3.46. The van der Waals surface area contributed by atoms with Crippen LogP contribution in [-0.2, 0) is 0 Å². The Morgan fingerprint density at radius 1 is 1.53 bits per heavy atom. The molecule has 1 aromatic heterocycles. The number of nitrogens with one attached hydrogen (secondary N) is 1. The summed E-state index contributed by atoms with van der Waals surface area (Å²) < 4.78 is 6.00. The SMILES string of the molecule is COc1nccc(NC2=CC(Br)=CN(C)C2)n1. The number of hydrogen-bond donors (Lipinski definition) is 1. The number of allylic oxidation sites excluding steroid dienone is 2. The van der Waals surface area contributed by atoms with Crippen LogP contribution in [-0.4, -0.2) is 35.6 Å². The lowest BCUT2D eigenvalue weighted by atomic mass is 10.3. The van der Waals surface area contributed by atoms with Crippen molar-refractivity contribution in [2.24, 2.45) is 0 Å². The summed E-state index contributed by atoms with van der Waals surface area (Å²) in [5.74, 6) is 0.721. The molecular weight excluding hydrogens is 284 g/mol. The van der Waals surface area contributed by atoms with Gasteiger partial charge in [0.15, 0.2) is 0 Å². The highest BCUT2D eigenvalue weighted by atomic mass is 79.9. The van der Waals surface area contributed by atoms with Crippen LogP contribution in [0.1, 0.15) is 0 Å². The Balaban J connectivity index is 2.13. The number of ether oxygens (including phenoxy) is 1. The fraction of sp³-hybridized carbons (Fsp3) is 0.273. The molecule has 1 aromatic rings. The summed E-state index contributed by atoms with van der Waals surface area (Å²) in [6.07, 6.45) is 5.70. The van der Waals surface area contributed by atoms with Crippen molar-refractivity contribution in [3.8, 4) is 6.01 Å². The molecule has 0 saturated carbocycles. The highest BCUT2D eigenvalue weighted by Gasteiger charge is 2.08. The molecule has 0 atom stereocenters. The molecule has 0 spiro atoms. The van der Waals surface area contributed by atoms with Crippen molar-refractivity contribution in [3.63, 3.8) is 0 Å². The molecule has 0 bridgehead atoms. The maximum absolute atomic E-state index is 4.97. The van der Waals surface area contributed by atoms with Crippen molar-refractivity contribution in [2.75, 3.05) is 26.0 Å². The molecule has 5 nitrogen and oxygen atoms in total. The lowest BCUT2D eigenvalue weighted by Crippen LogP contribution is -2.22. The van der Waals surface area contributed by atoms with Gasteiger partial charge in [0.05, 0.1) is 13.7 Å². The molecule has 0 radical (unpaired) electrons. The van der Waals surface area contributed by atoms with Crippen molar-refractivity contribution >= 4 is 21.7 Å². The molecule has 2 rings (SSSR count). The van der Waals surface area contributed by atoms with Gasteiger partial charge in [0.1, 0.15) is 5.82 Å². The molecule has 1 aliphatic rings. The van der Waals surface area contributed by atoms with Gasteiger partial charge in [-0.25, -0.2) is 4.98 Å². The molecular formula is C11H13BrN4O. The monoisotopic (exact) mass is 296 g/mol. The Kier molecular flexibility index (Phi) is 3.63. The van der Waals surface area contributed by atoms with Crippen molar-refractivity contribution in [2.45, 2.75) is 0 Å². The van der Waals surface area contributed by atoms with E-state index in [0.29, 0.717) is 6.01 Å². The largest absolute Gasteiger partial charge is 0.467 e. The Labute approximate surface area is 108 Å². The second-order valence-electron chi connectivity index (χ2n) is 3.65. The molecule has 6 heteroatoms. The quantitative estimate of drug-likeness (QED) is 0.924. The maximum atomic E-state index is 4.97. The standard InChI is InChI=1S/C11H13BrN4O/c1-16-6-8(12)5-9(7-16)14-10-3-4-13-11(15-10)17-2/h3-6H,7H2,1-2H3,(H,13,14,15). The van der Waals surface area contributed by atoms with E-state index in [0.717, 1.165) is 22.5 Å². The third-order valence-electron chi connectivity index (χ3n) is 2.18. The topological polar surface area (TPSA) is 50.3 Å². The molecule has 0 aliphatic carbocycles. The molecule has 17 heavy (non-hydrogen) atoms. The number of anilines is 1. The predicted octanol–water partition coefficient (Wildman–Crippen LogP) is 1.96. The molecule has 1 N–H and O–H groups in total. The van der Waals surface area contributed by atoms with E-state index >= 15 is 0 Å². The Morgan fingerprint density at radius 3 is 3.06 bits per heavy atom. The smallest absolute Gasteiger partial charge is 0.318 e. The molecule has 0 aromatic carbocycles. The van der Waals surface area contributed by atoms with Crippen molar-refractivity contribution in [1.82, 2.24) is 14.9 Å². The number of nitrogens with zero attached hydrogens (tertiary/aromatic N) is 3. The van der Waals surface area contributed by atoms with Crippen LogP contribution in [0.15, 0.2) is 34.7 Å². The molecule has 0 unspecified atom stereocenters. The Bertz CT molecular complexity index is 472. The van der Waals surface area contributed by atoms with Crippen molar-refractivity contribution in [3.05, 3.63) is 34.7 Å². The van der Waals surface area contributed by atoms with Crippen LogP contribution < -0.4 is 10.1 Å². The van der Waals surface area contributed by atoms with Gasteiger partial charge in [-0.2, -0.15) is 4.98 Å². The number of hydrogen-bond acceptors (Lipinski definition) is 5. The molecule has 0 amide bonds. The van der Waals surface area contributed by atoms with E-state index in [1.54, 1.807) is 19.4 Å². The van der Waals surface area contributed by atoms with E-state index in [1.165, 1.54) is 0 Å². The number of rotatable bonds is 3. The van der Waals surface area contributed by atoms with Crippen LogP contribution >= 0.6 is 15.9 Å². The maximum Gasteiger partial charge on any atom is 0.318 e. The number of likely N-dealkylation sites (N-methyl/N-ethyl adjacent to an activating group) is 1. The molecule has 1 aliphatic heterocycles. The Morgan fingerprint density at radius 2 is 2.35 bits per heavy atom. The minimum absolute atomic E-state index is 0.356. The second-order valence-corrected chi connectivity index (χ2v) is 4.57. The zero-order valence-corrected chi connectivity index (χ0v) is 11.2. The van der Waals surface area contributed by atoms with E-state index in [4.69, 9.17) is 4.74 Å². The van der Waals surface area contributed by atoms with Crippen LogP contribution in [0.25, 0.3) is 0 Å². The first-order valence-electron chi connectivity index (χ1n) is 5.09. The van der Waals surface area contributed by atoms with Crippen molar-refractivity contribution in [1.29, 1.82) is 0 Å². The minimum atomic E-state index is 0.356. The fourth-order valence-corrected chi connectivity index (χ4v) is 2.15. The average Bonchev–Trinajstić information content (AvgIpc) is 2.28. The van der Waals surface area contributed by atoms with E-state index < -0.39 is 0 Å². The third-order valence-corrected chi connectivity index (χ3v) is 2.61. The van der Waals surface area contributed by atoms with Gasteiger partial charge >= 0.3 is 6.01 Å². The number of halogens is 1. The van der Waals surface area contributed by atoms with Crippen LogP contribution in [0.3, 0.4) is 0 Å². The summed E-state index contributed by atoms with van der Waals surface area (Å²) in [5.41, 5.74) is 1.06. The molecule has 0 fully saturated rings. The number of methoxy groups -OCH3 is 1. The van der Waals surface area contributed by atoms with Crippen LogP contribution in [0.2, 0.25) is 0 Å². The molecule has 90 valence electrons. The average molecular weight is 297 g/mol. The van der Waals surface area contributed by atoms with Gasteiger partial charge in [-0.15, -0.1) is 0 Å². The van der Waals surface area contributed by atoms with Gasteiger partial charge in [0, 0.05) is 29.6 Å². The lowest BCUT2D eigenvalue weighted by molar-refractivity contribution is 0.380. The van der Waals surface area contributed by atoms with Gasteiger partial charge in [-0.05, 0) is 28.1 Å². The van der Waals surface area contributed by atoms with Crippen LogP contribution in [0.4, 0.5) is 5.82 Å². The van der Waals surface area contributed by atoms with Gasteiger partial charge in [0.2, 0.25) is 0 Å². The van der Waals surface area contributed by atoms with Crippen LogP contribution in [0, 0.1) is 0 Å². The highest BCUT2D eigenvalue weighted by molar-refractivity contribution is 9.11. The van der Waals surface area contributed by atoms with E-state index in [9.17, 15) is 0 Å². The summed E-state index contributed by atoms with van der Waals surface area (Å²) in [6.45, 7) is 0.807. The van der Waals surface area contributed by atoms with Crippen molar-refractivity contribution < 1.29 is 4.74 Å². The zero-order chi connectivity index (χ0) is 12.3. The summed E-state index contributed by atoms with van der Waals surface area (Å²) in [4.78, 5) is 10.2. The third kappa shape index (κ3) is 3.20. The summed E-state index contributed by atoms with van der Waals surface area (Å²) in [6, 6.07) is 2.16. The van der Waals surface area contributed by atoms with Gasteiger partial charge in [-0.3, -0.25) is 0 Å². The predicted molar refractivity (Wildman–Crippen MR) is 69.9 cm³/mol.